The number of fused-ring (bicyclic) bond motifs is 1. The van der Waals surface area contributed by atoms with E-state index in [1.807, 2.05) is 54.6 Å². The topological polar surface area (TPSA) is 47.6 Å². The maximum Gasteiger partial charge on any atom is 0.255 e. The summed E-state index contributed by atoms with van der Waals surface area (Å²) < 4.78 is 11.3. The van der Waals surface area contributed by atoms with E-state index in [9.17, 15) is 4.79 Å². The third kappa shape index (κ3) is 4.40. The Kier molecular flexibility index (Phi) is 5.97. The van der Waals surface area contributed by atoms with Crippen LogP contribution < -0.4 is 14.8 Å². The standard InChI is InChI=1S/C23H25NO3/c1-16(2)19-10-6-7-11-21(19)27-13-12-24-23(25)20-14-17-8-4-5-9-18(17)15-22(20)26-3/h4-11,14-16H,12-13H2,1-3H3,(H,24,25). The Morgan fingerprint density at radius 3 is 2.33 bits per heavy atom. The molecule has 27 heavy (non-hydrogen) atoms. The highest BCUT2D eigenvalue weighted by molar-refractivity contribution is 6.01. The van der Waals surface area contributed by atoms with Crippen LogP contribution in [0.25, 0.3) is 10.8 Å². The number of amides is 1. The molecule has 0 fully saturated rings. The average Bonchev–Trinajstić information content (AvgIpc) is 2.70. The van der Waals surface area contributed by atoms with E-state index in [1.54, 1.807) is 7.11 Å². The number of methoxy groups -OCH3 is 1. The maximum atomic E-state index is 12.6. The van der Waals surface area contributed by atoms with Gasteiger partial charge in [0, 0.05) is 0 Å². The summed E-state index contributed by atoms with van der Waals surface area (Å²) in [5, 5.41) is 4.96. The second-order valence-electron chi connectivity index (χ2n) is 6.70. The largest absolute Gasteiger partial charge is 0.496 e. The number of hydrogen-bond donors (Lipinski definition) is 1. The minimum absolute atomic E-state index is 0.168. The lowest BCUT2D eigenvalue weighted by Gasteiger charge is -2.14. The van der Waals surface area contributed by atoms with Crippen LogP contribution in [0.1, 0.15) is 35.7 Å². The molecule has 1 amide bonds. The third-order valence-corrected chi connectivity index (χ3v) is 4.50. The van der Waals surface area contributed by atoms with E-state index in [0.717, 1.165) is 16.5 Å². The Bertz CT molecular complexity index is 934. The summed E-state index contributed by atoms with van der Waals surface area (Å²) in [6, 6.07) is 19.7. The van der Waals surface area contributed by atoms with Crippen molar-refractivity contribution >= 4 is 16.7 Å². The van der Waals surface area contributed by atoms with Crippen molar-refractivity contribution in [3.05, 3.63) is 71.8 Å². The first kappa shape index (κ1) is 18.8. The maximum absolute atomic E-state index is 12.6. The van der Waals surface area contributed by atoms with Gasteiger partial charge in [0.1, 0.15) is 18.1 Å². The molecular weight excluding hydrogens is 338 g/mol. The minimum atomic E-state index is -0.168. The van der Waals surface area contributed by atoms with Crippen molar-refractivity contribution in [3.63, 3.8) is 0 Å². The first-order valence-corrected chi connectivity index (χ1v) is 9.17. The molecule has 0 spiro atoms. The van der Waals surface area contributed by atoms with Gasteiger partial charge in [-0.3, -0.25) is 4.79 Å². The fraction of sp³-hybridized carbons (Fsp3) is 0.261. The van der Waals surface area contributed by atoms with Crippen molar-refractivity contribution in [1.82, 2.24) is 5.32 Å². The molecule has 3 rings (SSSR count). The number of para-hydroxylation sites is 1. The molecule has 0 aromatic heterocycles. The molecule has 0 unspecified atom stereocenters. The fourth-order valence-electron chi connectivity index (χ4n) is 3.08. The van der Waals surface area contributed by atoms with Crippen LogP contribution in [0.2, 0.25) is 0 Å². The zero-order chi connectivity index (χ0) is 19.2. The Hall–Kier alpha value is -3.01. The quantitative estimate of drug-likeness (QED) is 0.615. The van der Waals surface area contributed by atoms with Crippen molar-refractivity contribution in [1.29, 1.82) is 0 Å². The van der Waals surface area contributed by atoms with Crippen LogP contribution in [0.15, 0.2) is 60.7 Å². The third-order valence-electron chi connectivity index (χ3n) is 4.50. The number of carbonyl (C=O) groups is 1. The molecule has 0 radical (unpaired) electrons. The van der Waals surface area contributed by atoms with Crippen LogP contribution in [0.3, 0.4) is 0 Å². The zero-order valence-corrected chi connectivity index (χ0v) is 16.0. The zero-order valence-electron chi connectivity index (χ0n) is 16.0. The molecule has 140 valence electrons. The molecule has 0 saturated heterocycles. The molecule has 0 aliphatic heterocycles. The molecule has 0 bridgehead atoms. The number of hydrogen-bond acceptors (Lipinski definition) is 3. The van der Waals surface area contributed by atoms with Crippen LogP contribution in [0.5, 0.6) is 11.5 Å². The number of carbonyl (C=O) groups excluding carboxylic acids is 1. The van der Waals surface area contributed by atoms with Gasteiger partial charge in [0.05, 0.1) is 19.2 Å². The van der Waals surface area contributed by atoms with Crippen molar-refractivity contribution in [2.24, 2.45) is 0 Å². The Balaban J connectivity index is 1.64. The van der Waals surface area contributed by atoms with Crippen molar-refractivity contribution in [2.75, 3.05) is 20.3 Å². The lowest BCUT2D eigenvalue weighted by Crippen LogP contribution is -2.28. The van der Waals surface area contributed by atoms with E-state index in [-0.39, 0.29) is 5.91 Å². The molecule has 3 aromatic carbocycles. The predicted octanol–water partition coefficient (Wildman–Crippen LogP) is 4.78. The highest BCUT2D eigenvalue weighted by atomic mass is 16.5. The molecule has 0 aliphatic carbocycles. The second-order valence-corrected chi connectivity index (χ2v) is 6.70. The van der Waals surface area contributed by atoms with Gasteiger partial charge in [-0.05, 0) is 40.5 Å². The fourth-order valence-corrected chi connectivity index (χ4v) is 3.08. The van der Waals surface area contributed by atoms with Crippen LogP contribution >= 0.6 is 0 Å². The highest BCUT2D eigenvalue weighted by Crippen LogP contribution is 2.27. The molecule has 1 N–H and O–H groups in total. The minimum Gasteiger partial charge on any atom is -0.496 e. The lowest BCUT2D eigenvalue weighted by atomic mass is 10.0. The van der Waals surface area contributed by atoms with Gasteiger partial charge in [0.15, 0.2) is 0 Å². The highest BCUT2D eigenvalue weighted by Gasteiger charge is 2.13. The second kappa shape index (κ2) is 8.58. The van der Waals surface area contributed by atoms with E-state index in [4.69, 9.17) is 9.47 Å². The normalized spacial score (nSPS) is 10.8. The van der Waals surface area contributed by atoms with E-state index >= 15 is 0 Å². The number of ether oxygens (including phenoxy) is 2. The van der Waals surface area contributed by atoms with Gasteiger partial charge in [0.25, 0.3) is 5.91 Å². The lowest BCUT2D eigenvalue weighted by molar-refractivity contribution is 0.0944. The smallest absolute Gasteiger partial charge is 0.255 e. The first-order chi connectivity index (χ1) is 13.1. The van der Waals surface area contributed by atoms with Crippen molar-refractivity contribution in [2.45, 2.75) is 19.8 Å². The predicted molar refractivity (Wildman–Crippen MR) is 109 cm³/mol. The van der Waals surface area contributed by atoms with Gasteiger partial charge < -0.3 is 14.8 Å². The molecule has 0 heterocycles. The molecule has 4 heteroatoms. The monoisotopic (exact) mass is 363 g/mol. The van der Waals surface area contributed by atoms with Gasteiger partial charge >= 0.3 is 0 Å². The van der Waals surface area contributed by atoms with Crippen molar-refractivity contribution < 1.29 is 14.3 Å². The summed E-state index contributed by atoms with van der Waals surface area (Å²) in [6.45, 7) is 5.10. The molecular formula is C23H25NO3. The molecule has 3 aromatic rings. The molecule has 0 aliphatic rings. The van der Waals surface area contributed by atoms with Gasteiger partial charge in [-0.2, -0.15) is 0 Å². The van der Waals surface area contributed by atoms with Crippen LogP contribution in [0, 0.1) is 0 Å². The Morgan fingerprint density at radius 1 is 0.963 bits per heavy atom. The van der Waals surface area contributed by atoms with Gasteiger partial charge in [-0.15, -0.1) is 0 Å². The van der Waals surface area contributed by atoms with Crippen LogP contribution in [-0.2, 0) is 0 Å². The Labute approximate surface area is 160 Å². The molecule has 4 nitrogen and oxygen atoms in total. The van der Waals surface area contributed by atoms with E-state index in [2.05, 4.69) is 25.2 Å². The van der Waals surface area contributed by atoms with Gasteiger partial charge in [-0.25, -0.2) is 0 Å². The SMILES string of the molecule is COc1cc2ccccc2cc1C(=O)NCCOc1ccccc1C(C)C. The number of rotatable bonds is 7. The van der Waals surface area contributed by atoms with Crippen molar-refractivity contribution in [3.8, 4) is 11.5 Å². The van der Waals surface area contributed by atoms with E-state index in [1.165, 1.54) is 5.56 Å². The van der Waals surface area contributed by atoms with Gasteiger partial charge in [0.2, 0.25) is 0 Å². The van der Waals surface area contributed by atoms with E-state index in [0.29, 0.717) is 30.4 Å². The van der Waals surface area contributed by atoms with Crippen LogP contribution in [0.4, 0.5) is 0 Å². The summed E-state index contributed by atoms with van der Waals surface area (Å²) in [7, 11) is 1.58. The average molecular weight is 363 g/mol. The molecule has 0 atom stereocenters. The Morgan fingerprint density at radius 2 is 1.63 bits per heavy atom. The van der Waals surface area contributed by atoms with Crippen LogP contribution in [-0.4, -0.2) is 26.2 Å². The summed E-state index contributed by atoms with van der Waals surface area (Å²) in [4.78, 5) is 12.6. The summed E-state index contributed by atoms with van der Waals surface area (Å²) >= 11 is 0. The number of nitrogens with one attached hydrogen (secondary N) is 1. The summed E-state index contributed by atoms with van der Waals surface area (Å²) in [6.07, 6.45) is 0. The van der Waals surface area contributed by atoms with E-state index < -0.39 is 0 Å². The van der Waals surface area contributed by atoms with Gasteiger partial charge in [-0.1, -0.05) is 56.3 Å². The summed E-state index contributed by atoms with van der Waals surface area (Å²) in [5.41, 5.74) is 1.69. The first-order valence-electron chi connectivity index (χ1n) is 9.17. The number of benzene rings is 3. The molecule has 0 saturated carbocycles. The summed E-state index contributed by atoms with van der Waals surface area (Å²) in [5.74, 6) is 1.65.